The standard InChI is InChI=1S/C28H26N6O6S.C25H20N6O6S/c1-15-9-18(4)28(37)25(10-15)34-33-24-13-23(26(35)14-27(24)36)32-31-22-12-16(2)21(11-17(22)3)30-29-19-5-7-20(8-6-19)41(38,39)40;1-15-2-11-23(32)20(12-15)30-31-22-13-21(24(33)14-25(22)34)29-28-17-5-3-16(4-6-17)26-27-18-7-9-19(10-8-18)38(35,36)37/h5-14,35-37H,1-4H3,(H,38,39,40);2-14,32-34H,1H3,(H,35,36,37). The molecule has 0 bridgehead atoms. The summed E-state index contributed by atoms with van der Waals surface area (Å²) in [6, 6.07) is 33.5. The van der Waals surface area contributed by atoms with Crippen molar-refractivity contribution in [2.24, 2.45) is 61.4 Å². The summed E-state index contributed by atoms with van der Waals surface area (Å²) < 4.78 is 62.7. The van der Waals surface area contributed by atoms with Crippen LogP contribution >= 0.6 is 0 Å². The molecule has 0 saturated carbocycles. The Bertz CT molecular complexity index is 4020. The van der Waals surface area contributed by atoms with Gasteiger partial charge in [0.15, 0.2) is 0 Å². The predicted molar refractivity (Wildman–Crippen MR) is 290 cm³/mol. The third-order valence-corrected chi connectivity index (χ3v) is 12.7. The third-order valence-electron chi connectivity index (χ3n) is 11.0. The van der Waals surface area contributed by atoms with Crippen LogP contribution in [0.4, 0.5) is 68.2 Å². The fraction of sp³-hybridized carbons (Fsp3) is 0.0943. The highest BCUT2D eigenvalue weighted by Gasteiger charge is 2.14. The van der Waals surface area contributed by atoms with Crippen molar-refractivity contribution in [3.63, 3.8) is 0 Å². The minimum Gasteiger partial charge on any atom is -0.506 e. The van der Waals surface area contributed by atoms with E-state index in [4.69, 9.17) is 9.11 Å². The van der Waals surface area contributed by atoms with Crippen LogP contribution in [0.1, 0.15) is 27.8 Å². The van der Waals surface area contributed by atoms with Crippen molar-refractivity contribution in [2.45, 2.75) is 44.4 Å². The largest absolute Gasteiger partial charge is 0.506 e. The van der Waals surface area contributed by atoms with Crippen LogP contribution in [0.3, 0.4) is 0 Å². The lowest BCUT2D eigenvalue weighted by atomic mass is 10.1. The lowest BCUT2D eigenvalue weighted by Gasteiger charge is -2.06. The molecule has 402 valence electrons. The average molecular weight is 1110 g/mol. The van der Waals surface area contributed by atoms with Crippen molar-refractivity contribution in [1.82, 2.24) is 0 Å². The molecular formula is C53H46N12O12S2. The molecule has 8 rings (SSSR count). The van der Waals surface area contributed by atoms with Gasteiger partial charge < -0.3 is 30.6 Å². The first-order valence-electron chi connectivity index (χ1n) is 23.0. The van der Waals surface area contributed by atoms with Crippen LogP contribution in [0.15, 0.2) is 211 Å². The number of hydrogen-bond acceptors (Lipinski definition) is 22. The summed E-state index contributed by atoms with van der Waals surface area (Å²) in [4.78, 5) is -0.486. The van der Waals surface area contributed by atoms with Crippen molar-refractivity contribution < 1.29 is 56.6 Å². The van der Waals surface area contributed by atoms with Gasteiger partial charge in [-0.05, 0) is 166 Å². The molecule has 0 amide bonds. The van der Waals surface area contributed by atoms with Crippen LogP contribution in [-0.4, -0.2) is 56.6 Å². The summed E-state index contributed by atoms with van der Waals surface area (Å²) in [5.41, 5.74) is 7.09. The molecule has 0 unspecified atom stereocenters. The topological polar surface area (TPSA) is 378 Å². The SMILES string of the molecule is Cc1cc(C)c(O)c(N=Nc2cc(N=Nc3cc(C)c(N=Nc4ccc(S(=O)(=O)O)cc4)cc3C)c(O)cc2O)c1.Cc1ccc(O)c(N=Nc2cc(N=Nc3ccc(N=Nc4ccc(S(=O)(=O)O)cc4)cc3)c(O)cc2O)c1. The quantitative estimate of drug-likeness (QED) is 0.0372. The van der Waals surface area contributed by atoms with Crippen LogP contribution in [0.25, 0.3) is 0 Å². The summed E-state index contributed by atoms with van der Waals surface area (Å²) >= 11 is 0. The van der Waals surface area contributed by atoms with Gasteiger partial charge in [-0.15, -0.1) is 30.7 Å². The minimum absolute atomic E-state index is 0.0121. The van der Waals surface area contributed by atoms with Gasteiger partial charge >= 0.3 is 0 Å². The van der Waals surface area contributed by atoms with Gasteiger partial charge in [0.2, 0.25) is 0 Å². The number of aryl methyl sites for hydroxylation is 5. The van der Waals surface area contributed by atoms with Gasteiger partial charge in [-0.2, -0.15) is 47.5 Å². The molecule has 0 radical (unpaired) electrons. The van der Waals surface area contributed by atoms with Gasteiger partial charge in [-0.1, -0.05) is 12.1 Å². The van der Waals surface area contributed by atoms with E-state index in [1.54, 1.807) is 81.4 Å². The van der Waals surface area contributed by atoms with E-state index in [-0.39, 0.29) is 78.4 Å². The Labute approximate surface area is 450 Å². The predicted octanol–water partition coefficient (Wildman–Crippen LogP) is 16.1. The summed E-state index contributed by atoms with van der Waals surface area (Å²) in [7, 11) is -8.58. The first-order chi connectivity index (χ1) is 37.4. The van der Waals surface area contributed by atoms with Gasteiger partial charge in [0, 0.05) is 24.3 Å². The monoisotopic (exact) mass is 1110 g/mol. The average Bonchev–Trinajstić information content (AvgIpc) is 3.40. The fourth-order valence-electron chi connectivity index (χ4n) is 6.78. The Morgan fingerprint density at radius 3 is 0.975 bits per heavy atom. The molecule has 0 aromatic heterocycles. The van der Waals surface area contributed by atoms with Crippen molar-refractivity contribution in [1.29, 1.82) is 0 Å². The highest BCUT2D eigenvalue weighted by molar-refractivity contribution is 7.86. The molecule has 0 fully saturated rings. The summed E-state index contributed by atoms with van der Waals surface area (Å²) in [6.07, 6.45) is 0. The van der Waals surface area contributed by atoms with E-state index in [1.807, 2.05) is 13.8 Å². The maximum Gasteiger partial charge on any atom is 0.294 e. The number of rotatable bonds is 14. The molecule has 0 heterocycles. The van der Waals surface area contributed by atoms with Gasteiger partial charge in [0.05, 0.1) is 43.9 Å². The maximum atomic E-state index is 11.2. The normalized spacial score (nSPS) is 12.2. The lowest BCUT2D eigenvalue weighted by Crippen LogP contribution is -1.96. The molecule has 0 aliphatic heterocycles. The fourth-order valence-corrected chi connectivity index (χ4v) is 7.74. The van der Waals surface area contributed by atoms with Crippen LogP contribution < -0.4 is 0 Å². The molecule has 24 nitrogen and oxygen atoms in total. The van der Waals surface area contributed by atoms with Gasteiger partial charge in [-0.3, -0.25) is 9.11 Å². The first kappa shape index (κ1) is 56.7. The van der Waals surface area contributed by atoms with Crippen molar-refractivity contribution in [2.75, 3.05) is 0 Å². The molecular weight excluding hydrogens is 1060 g/mol. The molecule has 0 aliphatic rings. The zero-order valence-electron chi connectivity index (χ0n) is 42.2. The molecule has 0 atom stereocenters. The number of azo groups is 6. The van der Waals surface area contributed by atoms with Crippen LogP contribution in [0.5, 0.6) is 34.5 Å². The first-order valence-corrected chi connectivity index (χ1v) is 25.9. The number of nitrogens with zero attached hydrogens (tertiary/aromatic N) is 12. The molecule has 8 aromatic carbocycles. The highest BCUT2D eigenvalue weighted by Crippen LogP contribution is 2.43. The molecule has 79 heavy (non-hydrogen) atoms. The molecule has 0 aliphatic carbocycles. The second kappa shape index (κ2) is 24.3. The van der Waals surface area contributed by atoms with Crippen LogP contribution in [0.2, 0.25) is 0 Å². The van der Waals surface area contributed by atoms with Gasteiger partial charge in [-0.25, -0.2) is 0 Å². The zero-order chi connectivity index (χ0) is 57.2. The highest BCUT2D eigenvalue weighted by atomic mass is 32.2. The number of benzene rings is 8. The van der Waals surface area contributed by atoms with Gasteiger partial charge in [0.1, 0.15) is 68.6 Å². The summed E-state index contributed by atoms with van der Waals surface area (Å²) in [5.74, 6) is -1.41. The van der Waals surface area contributed by atoms with Crippen LogP contribution in [-0.2, 0) is 20.2 Å². The second-order valence-corrected chi connectivity index (χ2v) is 20.0. The van der Waals surface area contributed by atoms with Crippen LogP contribution in [0, 0.1) is 34.6 Å². The molecule has 26 heteroatoms. The lowest BCUT2D eigenvalue weighted by molar-refractivity contribution is 0.451. The summed E-state index contributed by atoms with van der Waals surface area (Å²) in [6.45, 7) is 9.02. The molecule has 8 aromatic rings. The Morgan fingerprint density at radius 2 is 0.582 bits per heavy atom. The number of hydrogen-bond donors (Lipinski definition) is 8. The minimum atomic E-state index is -4.29. The van der Waals surface area contributed by atoms with Crippen molar-refractivity contribution in [3.8, 4) is 34.5 Å². The Hall–Kier alpha value is -10.0. The number of phenols is 6. The maximum absolute atomic E-state index is 11.2. The molecule has 8 N–H and O–H groups in total. The molecule has 0 spiro atoms. The van der Waals surface area contributed by atoms with E-state index in [9.17, 15) is 47.5 Å². The van der Waals surface area contributed by atoms with E-state index in [0.717, 1.165) is 28.8 Å². The zero-order valence-corrected chi connectivity index (χ0v) is 43.8. The Kier molecular flexibility index (Phi) is 17.5. The Morgan fingerprint density at radius 1 is 0.278 bits per heavy atom. The number of aromatic hydroxyl groups is 6. The molecule has 0 saturated heterocycles. The van der Waals surface area contributed by atoms with E-state index in [2.05, 4.69) is 61.4 Å². The second-order valence-electron chi connectivity index (χ2n) is 17.2. The van der Waals surface area contributed by atoms with Crippen molar-refractivity contribution >= 4 is 88.5 Å². The smallest absolute Gasteiger partial charge is 0.294 e. The van der Waals surface area contributed by atoms with E-state index in [1.165, 1.54) is 66.7 Å². The summed E-state index contributed by atoms with van der Waals surface area (Å²) in [5, 5.41) is 110. The van der Waals surface area contributed by atoms with E-state index >= 15 is 0 Å². The third kappa shape index (κ3) is 15.3. The number of phenolic OH excluding ortho intramolecular Hbond substituents is 6. The van der Waals surface area contributed by atoms with Crippen molar-refractivity contribution in [3.05, 3.63) is 167 Å². The van der Waals surface area contributed by atoms with E-state index < -0.39 is 20.2 Å². The Balaban J connectivity index is 0.000000229. The van der Waals surface area contributed by atoms with Gasteiger partial charge in [0.25, 0.3) is 20.2 Å². The van der Waals surface area contributed by atoms with E-state index in [0.29, 0.717) is 45.3 Å².